The molecule has 1 amide bonds. The summed E-state index contributed by atoms with van der Waals surface area (Å²) in [5, 5.41) is 12.8. The zero-order chi connectivity index (χ0) is 15.1. The van der Waals surface area contributed by atoms with Gasteiger partial charge in [-0.25, -0.2) is 0 Å². The van der Waals surface area contributed by atoms with Crippen molar-refractivity contribution in [3.63, 3.8) is 0 Å². The summed E-state index contributed by atoms with van der Waals surface area (Å²) in [4.78, 5) is 15.8. The molecule has 2 rings (SSSR count). The topological polar surface area (TPSA) is 62.2 Å². The Labute approximate surface area is 124 Å². The number of rotatable bonds is 5. The number of nitrogens with one attached hydrogen (secondary N) is 1. The number of amides is 1. The number of carbonyl (C=O) groups is 1. The van der Waals surface area contributed by atoms with Crippen LogP contribution in [0.1, 0.15) is 22.9 Å². The van der Waals surface area contributed by atoms with Gasteiger partial charge >= 0.3 is 0 Å². The number of nitrogens with zero attached hydrogens (tertiary/aromatic N) is 1. The van der Waals surface area contributed by atoms with Crippen molar-refractivity contribution in [1.29, 1.82) is 0 Å². The van der Waals surface area contributed by atoms with Crippen molar-refractivity contribution >= 4 is 12.0 Å². The number of aromatic nitrogens is 1. The molecule has 0 bridgehead atoms. The molecule has 1 atom stereocenters. The van der Waals surface area contributed by atoms with Crippen LogP contribution in [0.2, 0.25) is 0 Å². The molecule has 2 aromatic rings. The van der Waals surface area contributed by atoms with Gasteiger partial charge in [-0.1, -0.05) is 30.3 Å². The van der Waals surface area contributed by atoms with Gasteiger partial charge in [0.2, 0.25) is 5.91 Å². The van der Waals surface area contributed by atoms with Crippen LogP contribution in [0.15, 0.2) is 54.7 Å². The highest BCUT2D eigenvalue weighted by Crippen LogP contribution is 2.16. The molecule has 0 spiro atoms. The Kier molecular flexibility index (Phi) is 5.23. The van der Waals surface area contributed by atoms with Crippen molar-refractivity contribution in [3.05, 3.63) is 71.6 Å². The Bertz CT molecular complexity index is 624. The van der Waals surface area contributed by atoms with E-state index in [-0.39, 0.29) is 12.5 Å². The fourth-order valence-electron chi connectivity index (χ4n) is 1.96. The number of pyridine rings is 1. The number of hydrogen-bond donors (Lipinski definition) is 2. The highest BCUT2D eigenvalue weighted by atomic mass is 16.3. The van der Waals surface area contributed by atoms with Gasteiger partial charge < -0.3 is 10.4 Å². The third-order valence-electron chi connectivity index (χ3n) is 3.11. The van der Waals surface area contributed by atoms with Crippen molar-refractivity contribution < 1.29 is 9.90 Å². The molecule has 0 radical (unpaired) electrons. The minimum Gasteiger partial charge on any atom is -0.387 e. The third kappa shape index (κ3) is 4.54. The third-order valence-corrected chi connectivity index (χ3v) is 3.11. The zero-order valence-electron chi connectivity index (χ0n) is 11.9. The zero-order valence-corrected chi connectivity index (χ0v) is 11.9. The van der Waals surface area contributed by atoms with Crippen LogP contribution in [0, 0.1) is 6.92 Å². The van der Waals surface area contributed by atoms with Crippen molar-refractivity contribution in [3.8, 4) is 0 Å². The van der Waals surface area contributed by atoms with Crippen LogP contribution in [0.25, 0.3) is 6.08 Å². The summed E-state index contributed by atoms with van der Waals surface area (Å²) < 4.78 is 0. The van der Waals surface area contributed by atoms with Crippen LogP contribution in [0.5, 0.6) is 0 Å². The van der Waals surface area contributed by atoms with E-state index in [1.165, 1.54) is 6.08 Å². The molecule has 4 heteroatoms. The molecule has 0 saturated heterocycles. The maximum Gasteiger partial charge on any atom is 0.244 e. The Balaban J connectivity index is 1.87. The number of aliphatic hydroxyl groups is 1. The van der Waals surface area contributed by atoms with Crippen LogP contribution in [0.3, 0.4) is 0 Å². The van der Waals surface area contributed by atoms with E-state index in [2.05, 4.69) is 10.3 Å². The lowest BCUT2D eigenvalue weighted by Gasteiger charge is -2.13. The SMILES string of the molecule is Cc1ccccc1C(O)CNC(=O)/C=C/c1ccccn1. The predicted molar refractivity (Wildman–Crippen MR) is 82.4 cm³/mol. The Morgan fingerprint density at radius 2 is 2.05 bits per heavy atom. The van der Waals surface area contributed by atoms with Crippen LogP contribution in [-0.4, -0.2) is 22.5 Å². The average Bonchev–Trinajstić information content (AvgIpc) is 2.52. The molecule has 1 aromatic carbocycles. The number of aliphatic hydroxyl groups excluding tert-OH is 1. The fourth-order valence-corrected chi connectivity index (χ4v) is 1.96. The summed E-state index contributed by atoms with van der Waals surface area (Å²) in [5.74, 6) is -0.256. The second-order valence-electron chi connectivity index (χ2n) is 4.71. The first-order chi connectivity index (χ1) is 10.2. The molecule has 2 N–H and O–H groups in total. The summed E-state index contributed by atoms with van der Waals surface area (Å²) in [6, 6.07) is 13.1. The summed E-state index contributed by atoms with van der Waals surface area (Å²) in [7, 11) is 0. The molecule has 0 fully saturated rings. The van der Waals surface area contributed by atoms with Gasteiger partial charge in [0, 0.05) is 18.8 Å². The standard InChI is InChI=1S/C17H18N2O2/c1-13-6-2-3-8-15(13)16(20)12-19-17(21)10-9-14-7-4-5-11-18-14/h2-11,16,20H,12H2,1H3,(H,19,21)/b10-9+. The van der Waals surface area contributed by atoms with Gasteiger partial charge in [-0.3, -0.25) is 9.78 Å². The van der Waals surface area contributed by atoms with Crippen molar-refractivity contribution in [2.75, 3.05) is 6.54 Å². The van der Waals surface area contributed by atoms with Gasteiger partial charge in [-0.05, 0) is 36.3 Å². The van der Waals surface area contributed by atoms with Crippen LogP contribution in [0.4, 0.5) is 0 Å². The number of aryl methyl sites for hydroxylation is 1. The number of carbonyl (C=O) groups excluding carboxylic acids is 1. The molecule has 4 nitrogen and oxygen atoms in total. The Morgan fingerprint density at radius 1 is 1.29 bits per heavy atom. The van der Waals surface area contributed by atoms with E-state index < -0.39 is 6.10 Å². The smallest absolute Gasteiger partial charge is 0.244 e. The summed E-state index contributed by atoms with van der Waals surface area (Å²) in [5.41, 5.74) is 2.54. The Hall–Kier alpha value is -2.46. The van der Waals surface area contributed by atoms with Gasteiger partial charge in [0.05, 0.1) is 11.8 Å². The maximum absolute atomic E-state index is 11.7. The molecule has 1 heterocycles. The van der Waals surface area contributed by atoms with Gasteiger partial charge in [0.25, 0.3) is 0 Å². The summed E-state index contributed by atoms with van der Waals surface area (Å²) >= 11 is 0. The molecule has 108 valence electrons. The van der Waals surface area contributed by atoms with Gasteiger partial charge in [0.1, 0.15) is 0 Å². The summed E-state index contributed by atoms with van der Waals surface area (Å²) in [6.07, 6.45) is 4.00. The van der Waals surface area contributed by atoms with Crippen LogP contribution in [-0.2, 0) is 4.79 Å². The molecule has 0 aliphatic carbocycles. The van der Waals surface area contributed by atoms with Gasteiger partial charge in [-0.15, -0.1) is 0 Å². The van der Waals surface area contributed by atoms with Crippen LogP contribution >= 0.6 is 0 Å². The first-order valence-corrected chi connectivity index (χ1v) is 6.77. The van der Waals surface area contributed by atoms with Crippen molar-refractivity contribution in [2.24, 2.45) is 0 Å². The quantitative estimate of drug-likeness (QED) is 0.827. The summed E-state index contributed by atoms with van der Waals surface area (Å²) in [6.45, 7) is 2.11. The molecular weight excluding hydrogens is 264 g/mol. The lowest BCUT2D eigenvalue weighted by atomic mass is 10.0. The van der Waals surface area contributed by atoms with E-state index >= 15 is 0 Å². The maximum atomic E-state index is 11.7. The Morgan fingerprint density at radius 3 is 2.76 bits per heavy atom. The van der Waals surface area contributed by atoms with E-state index in [0.29, 0.717) is 5.69 Å². The van der Waals surface area contributed by atoms with E-state index in [4.69, 9.17) is 0 Å². The monoisotopic (exact) mass is 282 g/mol. The second-order valence-corrected chi connectivity index (χ2v) is 4.71. The molecule has 0 aliphatic rings. The molecular formula is C17H18N2O2. The highest BCUT2D eigenvalue weighted by Gasteiger charge is 2.10. The second kappa shape index (κ2) is 7.36. The lowest BCUT2D eigenvalue weighted by Crippen LogP contribution is -2.27. The fraction of sp³-hybridized carbons (Fsp3) is 0.176. The molecule has 1 unspecified atom stereocenters. The molecule has 0 saturated carbocycles. The largest absolute Gasteiger partial charge is 0.387 e. The number of benzene rings is 1. The highest BCUT2D eigenvalue weighted by molar-refractivity contribution is 5.91. The normalized spacial score (nSPS) is 12.3. The minimum absolute atomic E-state index is 0.177. The van der Waals surface area contributed by atoms with Crippen molar-refractivity contribution in [2.45, 2.75) is 13.0 Å². The lowest BCUT2D eigenvalue weighted by molar-refractivity contribution is -0.116. The first kappa shape index (κ1) is 14.9. The van der Waals surface area contributed by atoms with Crippen molar-refractivity contribution in [1.82, 2.24) is 10.3 Å². The molecule has 21 heavy (non-hydrogen) atoms. The van der Waals surface area contributed by atoms with Gasteiger partial charge in [-0.2, -0.15) is 0 Å². The molecule has 1 aromatic heterocycles. The van der Waals surface area contributed by atoms with E-state index in [1.54, 1.807) is 12.3 Å². The van der Waals surface area contributed by atoms with E-state index in [0.717, 1.165) is 11.1 Å². The predicted octanol–water partition coefficient (Wildman–Crippen LogP) is 2.25. The van der Waals surface area contributed by atoms with E-state index in [9.17, 15) is 9.90 Å². The number of hydrogen-bond acceptors (Lipinski definition) is 3. The first-order valence-electron chi connectivity index (χ1n) is 6.77. The average molecular weight is 282 g/mol. The molecule has 0 aliphatic heterocycles. The van der Waals surface area contributed by atoms with Crippen LogP contribution < -0.4 is 5.32 Å². The van der Waals surface area contributed by atoms with E-state index in [1.807, 2.05) is 49.4 Å². The minimum atomic E-state index is -0.710. The van der Waals surface area contributed by atoms with Gasteiger partial charge in [0.15, 0.2) is 0 Å².